The zero-order chi connectivity index (χ0) is 14.1. The van der Waals surface area contributed by atoms with Crippen molar-refractivity contribution in [3.8, 4) is 0 Å². The molecule has 2 fully saturated rings. The molecule has 1 aromatic carbocycles. The van der Waals surface area contributed by atoms with Crippen molar-refractivity contribution in [3.63, 3.8) is 0 Å². The molecular formula is C16H22ClFN2. The third kappa shape index (κ3) is 3.16. The van der Waals surface area contributed by atoms with E-state index >= 15 is 0 Å². The molecule has 4 heteroatoms. The van der Waals surface area contributed by atoms with Crippen LogP contribution in [0.4, 0.5) is 4.39 Å². The van der Waals surface area contributed by atoms with Crippen LogP contribution in [0.3, 0.4) is 0 Å². The standard InChI is InChI=1S/C16H22ClFN2/c1-2-13-10-20(16(8-19-13)12-4-5-12)9-11-3-6-15(18)14(17)7-11/h3,6-7,12-13,16,19H,2,4-5,8-10H2,1H3. The van der Waals surface area contributed by atoms with Crippen molar-refractivity contribution in [1.82, 2.24) is 10.2 Å². The van der Waals surface area contributed by atoms with Gasteiger partial charge in [0, 0.05) is 31.7 Å². The van der Waals surface area contributed by atoms with Gasteiger partial charge < -0.3 is 5.32 Å². The first kappa shape index (κ1) is 14.3. The van der Waals surface area contributed by atoms with Gasteiger partial charge in [-0.25, -0.2) is 4.39 Å². The molecule has 2 aliphatic rings. The molecule has 1 aliphatic carbocycles. The summed E-state index contributed by atoms with van der Waals surface area (Å²) < 4.78 is 13.3. The van der Waals surface area contributed by atoms with Crippen LogP contribution in [0.5, 0.6) is 0 Å². The molecule has 1 N–H and O–H groups in total. The molecule has 3 rings (SSSR count). The molecule has 0 radical (unpaired) electrons. The van der Waals surface area contributed by atoms with Gasteiger partial charge >= 0.3 is 0 Å². The molecular weight excluding hydrogens is 275 g/mol. The summed E-state index contributed by atoms with van der Waals surface area (Å²) >= 11 is 5.89. The first-order valence-electron chi connectivity index (χ1n) is 7.58. The van der Waals surface area contributed by atoms with Crippen LogP contribution in [0.1, 0.15) is 31.7 Å². The predicted molar refractivity (Wildman–Crippen MR) is 80.4 cm³/mol. The number of piperazine rings is 1. The molecule has 0 amide bonds. The van der Waals surface area contributed by atoms with Crippen molar-refractivity contribution in [2.75, 3.05) is 13.1 Å². The van der Waals surface area contributed by atoms with E-state index in [4.69, 9.17) is 11.6 Å². The SMILES string of the molecule is CCC1CN(Cc2ccc(F)c(Cl)c2)C(C2CC2)CN1. The van der Waals surface area contributed by atoms with Crippen molar-refractivity contribution < 1.29 is 4.39 Å². The Labute approximate surface area is 125 Å². The van der Waals surface area contributed by atoms with Gasteiger partial charge in [-0.05, 0) is 42.9 Å². The van der Waals surface area contributed by atoms with Crippen LogP contribution in [-0.2, 0) is 6.54 Å². The molecule has 0 bridgehead atoms. The Bertz CT molecular complexity index is 476. The summed E-state index contributed by atoms with van der Waals surface area (Å²) in [5.41, 5.74) is 1.11. The lowest BCUT2D eigenvalue weighted by atomic mass is 10.0. The van der Waals surface area contributed by atoms with E-state index in [1.54, 1.807) is 6.07 Å². The molecule has 110 valence electrons. The Morgan fingerprint density at radius 3 is 2.85 bits per heavy atom. The number of hydrogen-bond donors (Lipinski definition) is 1. The van der Waals surface area contributed by atoms with E-state index in [0.29, 0.717) is 12.1 Å². The average molecular weight is 297 g/mol. The number of nitrogens with zero attached hydrogens (tertiary/aromatic N) is 1. The Kier molecular flexibility index (Phi) is 4.29. The zero-order valence-electron chi connectivity index (χ0n) is 11.9. The van der Waals surface area contributed by atoms with Crippen molar-refractivity contribution >= 4 is 11.6 Å². The molecule has 1 saturated heterocycles. The summed E-state index contributed by atoms with van der Waals surface area (Å²) in [5, 5.41) is 3.88. The summed E-state index contributed by atoms with van der Waals surface area (Å²) in [6, 6.07) is 6.30. The topological polar surface area (TPSA) is 15.3 Å². The Morgan fingerprint density at radius 2 is 2.20 bits per heavy atom. The second kappa shape index (κ2) is 6.00. The molecule has 2 nitrogen and oxygen atoms in total. The third-order valence-corrected chi connectivity index (χ3v) is 4.86. The number of rotatable bonds is 4. The molecule has 1 aromatic rings. The fraction of sp³-hybridized carbons (Fsp3) is 0.625. The molecule has 1 aliphatic heterocycles. The molecule has 0 aromatic heterocycles. The average Bonchev–Trinajstić information content (AvgIpc) is 3.27. The van der Waals surface area contributed by atoms with Crippen LogP contribution in [0.15, 0.2) is 18.2 Å². The zero-order valence-corrected chi connectivity index (χ0v) is 12.7. The lowest BCUT2D eigenvalue weighted by Crippen LogP contribution is -2.56. The summed E-state index contributed by atoms with van der Waals surface area (Å²) in [6.45, 7) is 5.26. The Balaban J connectivity index is 1.72. The van der Waals surface area contributed by atoms with Crippen LogP contribution in [0.2, 0.25) is 5.02 Å². The number of halogens is 2. The first-order valence-corrected chi connectivity index (χ1v) is 7.96. The fourth-order valence-electron chi connectivity index (χ4n) is 3.17. The maximum atomic E-state index is 13.3. The van der Waals surface area contributed by atoms with E-state index in [1.165, 1.54) is 18.9 Å². The van der Waals surface area contributed by atoms with Crippen LogP contribution in [-0.4, -0.2) is 30.1 Å². The highest BCUT2D eigenvalue weighted by atomic mass is 35.5. The second-order valence-electron chi connectivity index (χ2n) is 6.10. The molecule has 2 unspecified atom stereocenters. The van der Waals surface area contributed by atoms with E-state index in [1.807, 2.05) is 6.07 Å². The van der Waals surface area contributed by atoms with Crippen LogP contribution in [0.25, 0.3) is 0 Å². The highest BCUT2D eigenvalue weighted by molar-refractivity contribution is 6.30. The summed E-state index contributed by atoms with van der Waals surface area (Å²) in [5.74, 6) is 0.511. The minimum absolute atomic E-state index is 0.229. The van der Waals surface area contributed by atoms with Gasteiger partial charge in [-0.3, -0.25) is 4.90 Å². The minimum atomic E-state index is -0.332. The van der Waals surface area contributed by atoms with Gasteiger partial charge in [0.15, 0.2) is 0 Å². The van der Waals surface area contributed by atoms with Crippen molar-refractivity contribution in [2.45, 2.75) is 44.8 Å². The maximum absolute atomic E-state index is 13.3. The quantitative estimate of drug-likeness (QED) is 0.915. The number of hydrogen-bond acceptors (Lipinski definition) is 2. The van der Waals surface area contributed by atoms with Crippen molar-refractivity contribution in [3.05, 3.63) is 34.6 Å². The van der Waals surface area contributed by atoms with Gasteiger partial charge in [0.05, 0.1) is 5.02 Å². The molecule has 2 atom stereocenters. The third-order valence-electron chi connectivity index (χ3n) is 4.57. The van der Waals surface area contributed by atoms with E-state index in [0.717, 1.165) is 37.5 Å². The predicted octanol–water partition coefficient (Wildman–Crippen LogP) is 3.44. The van der Waals surface area contributed by atoms with E-state index in [2.05, 4.69) is 17.1 Å². The van der Waals surface area contributed by atoms with Gasteiger partial charge in [-0.2, -0.15) is 0 Å². The van der Waals surface area contributed by atoms with Gasteiger partial charge in [-0.1, -0.05) is 24.6 Å². The summed E-state index contributed by atoms with van der Waals surface area (Å²) in [4.78, 5) is 2.56. The minimum Gasteiger partial charge on any atom is -0.311 e. The number of nitrogens with one attached hydrogen (secondary N) is 1. The highest BCUT2D eigenvalue weighted by Gasteiger charge is 2.38. The first-order chi connectivity index (χ1) is 9.67. The summed E-state index contributed by atoms with van der Waals surface area (Å²) in [7, 11) is 0. The monoisotopic (exact) mass is 296 g/mol. The fourth-order valence-corrected chi connectivity index (χ4v) is 3.38. The van der Waals surface area contributed by atoms with Crippen LogP contribution >= 0.6 is 11.6 Å². The van der Waals surface area contributed by atoms with E-state index in [9.17, 15) is 4.39 Å². The maximum Gasteiger partial charge on any atom is 0.141 e. The normalized spacial score (nSPS) is 27.8. The van der Waals surface area contributed by atoms with Crippen LogP contribution in [0, 0.1) is 11.7 Å². The van der Waals surface area contributed by atoms with Gasteiger partial charge in [0.2, 0.25) is 0 Å². The summed E-state index contributed by atoms with van der Waals surface area (Å²) in [6.07, 6.45) is 3.85. The molecule has 0 spiro atoms. The number of benzene rings is 1. The second-order valence-corrected chi connectivity index (χ2v) is 6.50. The molecule has 1 heterocycles. The largest absolute Gasteiger partial charge is 0.311 e. The lowest BCUT2D eigenvalue weighted by Gasteiger charge is -2.40. The van der Waals surface area contributed by atoms with Gasteiger partial charge in [0.1, 0.15) is 5.82 Å². The Hall–Kier alpha value is -0.640. The van der Waals surface area contributed by atoms with Crippen molar-refractivity contribution in [1.29, 1.82) is 0 Å². The van der Waals surface area contributed by atoms with E-state index in [-0.39, 0.29) is 10.8 Å². The lowest BCUT2D eigenvalue weighted by molar-refractivity contribution is 0.106. The molecule has 20 heavy (non-hydrogen) atoms. The highest BCUT2D eigenvalue weighted by Crippen LogP contribution is 2.37. The van der Waals surface area contributed by atoms with E-state index < -0.39 is 0 Å². The Morgan fingerprint density at radius 1 is 1.40 bits per heavy atom. The van der Waals surface area contributed by atoms with Crippen LogP contribution < -0.4 is 5.32 Å². The smallest absolute Gasteiger partial charge is 0.141 e. The molecule has 1 saturated carbocycles. The van der Waals surface area contributed by atoms with Crippen molar-refractivity contribution in [2.24, 2.45) is 5.92 Å². The van der Waals surface area contributed by atoms with Gasteiger partial charge in [-0.15, -0.1) is 0 Å². The van der Waals surface area contributed by atoms with Gasteiger partial charge in [0.25, 0.3) is 0 Å².